The molecular weight excluding hydrogens is 368 g/mol. The van der Waals surface area contributed by atoms with Crippen molar-refractivity contribution in [3.05, 3.63) is 47.7 Å². The summed E-state index contributed by atoms with van der Waals surface area (Å²) < 4.78 is 30.9. The van der Waals surface area contributed by atoms with E-state index in [2.05, 4.69) is 15.2 Å². The second kappa shape index (κ2) is 8.20. The van der Waals surface area contributed by atoms with E-state index in [1.807, 2.05) is 35.2 Å². The molecule has 1 aromatic carbocycles. The fourth-order valence-electron chi connectivity index (χ4n) is 3.42. The Morgan fingerprint density at radius 1 is 1.33 bits per heavy atom. The number of benzene rings is 1. The monoisotopic (exact) mass is 392 g/mol. The zero-order valence-electron chi connectivity index (χ0n) is 15.4. The second-order valence-corrected chi connectivity index (χ2v) is 8.63. The molecule has 1 fully saturated rings. The summed E-state index contributed by atoms with van der Waals surface area (Å²) in [5, 5.41) is 6.62. The molecule has 1 amide bonds. The van der Waals surface area contributed by atoms with Gasteiger partial charge in [-0.3, -0.25) is 9.69 Å². The van der Waals surface area contributed by atoms with Crippen LogP contribution in [0.3, 0.4) is 0 Å². The van der Waals surface area contributed by atoms with Crippen LogP contribution in [-0.4, -0.2) is 49.8 Å². The lowest BCUT2D eigenvalue weighted by molar-refractivity contribution is -0.122. The number of hydrogen-bond donors (Lipinski definition) is 2. The second-order valence-electron chi connectivity index (χ2n) is 6.85. The molecule has 2 aromatic rings. The summed E-state index contributed by atoms with van der Waals surface area (Å²) in [7, 11) is -3.30. The molecule has 2 N–H and O–H groups in total. The molecule has 1 aromatic heterocycles. The van der Waals surface area contributed by atoms with Crippen LogP contribution in [-0.2, 0) is 14.8 Å². The van der Waals surface area contributed by atoms with E-state index >= 15 is 0 Å². The zero-order chi connectivity index (χ0) is 19.4. The number of amides is 1. The lowest BCUT2D eigenvalue weighted by Gasteiger charge is -2.37. The summed E-state index contributed by atoms with van der Waals surface area (Å²) in [5.41, 5.74) is 0.843. The number of nitrogens with one attached hydrogen (secondary N) is 2. The van der Waals surface area contributed by atoms with E-state index in [0.717, 1.165) is 24.7 Å². The molecule has 3 rings (SSSR count). The van der Waals surface area contributed by atoms with Crippen molar-refractivity contribution in [1.29, 1.82) is 0 Å². The molecule has 2 atom stereocenters. The first kappa shape index (κ1) is 19.5. The van der Waals surface area contributed by atoms with Crippen LogP contribution in [0.15, 0.2) is 40.9 Å². The Labute approximate surface area is 159 Å². The Morgan fingerprint density at radius 2 is 2.07 bits per heavy atom. The van der Waals surface area contributed by atoms with Crippen molar-refractivity contribution in [2.45, 2.75) is 31.8 Å². The molecule has 0 bridgehead atoms. The molecule has 0 radical (unpaired) electrons. The molecule has 0 spiro atoms. The van der Waals surface area contributed by atoms with Crippen LogP contribution >= 0.6 is 0 Å². The minimum atomic E-state index is -3.30. The number of carbonyl (C=O) groups excluding carboxylic acids is 1. The summed E-state index contributed by atoms with van der Waals surface area (Å²) in [4.78, 5) is 15.0. The van der Waals surface area contributed by atoms with Crippen molar-refractivity contribution < 1.29 is 17.7 Å². The van der Waals surface area contributed by atoms with Crippen LogP contribution in [0.2, 0.25) is 0 Å². The van der Waals surface area contributed by atoms with Gasteiger partial charge in [-0.2, -0.15) is 0 Å². The Hall–Kier alpha value is -2.23. The quantitative estimate of drug-likeness (QED) is 0.775. The van der Waals surface area contributed by atoms with Crippen molar-refractivity contribution >= 4 is 21.7 Å². The standard InChI is InChI=1S/C18H24N4O4S/c1-13-11-16(20-26-13)19-18(23)17(14-7-4-3-5-8-14)22-10-6-9-15(12-22)21-27(2,24)25/h3-5,7-8,11,15,17,21H,6,9-10,12H2,1-2H3,(H,19,20,23). The lowest BCUT2D eigenvalue weighted by atomic mass is 9.99. The van der Waals surface area contributed by atoms with Gasteiger partial charge in [0, 0.05) is 18.7 Å². The van der Waals surface area contributed by atoms with Crippen molar-refractivity contribution in [3.63, 3.8) is 0 Å². The molecule has 8 nitrogen and oxygen atoms in total. The third kappa shape index (κ3) is 5.38. The molecule has 1 aliphatic heterocycles. The molecule has 2 heterocycles. The Morgan fingerprint density at radius 3 is 2.70 bits per heavy atom. The highest BCUT2D eigenvalue weighted by molar-refractivity contribution is 7.88. The number of hydrogen-bond acceptors (Lipinski definition) is 6. The number of carbonyl (C=O) groups is 1. The minimum absolute atomic E-state index is 0.220. The molecule has 2 unspecified atom stereocenters. The molecule has 0 saturated carbocycles. The number of piperidine rings is 1. The largest absolute Gasteiger partial charge is 0.360 e. The Balaban J connectivity index is 1.82. The van der Waals surface area contributed by atoms with E-state index in [9.17, 15) is 13.2 Å². The molecule has 1 saturated heterocycles. The third-order valence-electron chi connectivity index (χ3n) is 4.44. The molecule has 9 heteroatoms. The van der Waals surface area contributed by atoms with Gasteiger partial charge in [-0.05, 0) is 31.9 Å². The van der Waals surface area contributed by atoms with Gasteiger partial charge >= 0.3 is 0 Å². The van der Waals surface area contributed by atoms with Gasteiger partial charge in [-0.25, -0.2) is 13.1 Å². The van der Waals surface area contributed by atoms with Crippen molar-refractivity contribution in [3.8, 4) is 0 Å². The van der Waals surface area contributed by atoms with Crippen LogP contribution in [0, 0.1) is 6.92 Å². The van der Waals surface area contributed by atoms with E-state index in [1.165, 1.54) is 0 Å². The fraction of sp³-hybridized carbons (Fsp3) is 0.444. The van der Waals surface area contributed by atoms with E-state index in [1.54, 1.807) is 13.0 Å². The molecule has 1 aliphatic rings. The average molecular weight is 392 g/mol. The lowest BCUT2D eigenvalue weighted by Crippen LogP contribution is -2.50. The van der Waals surface area contributed by atoms with Gasteiger partial charge < -0.3 is 9.84 Å². The van der Waals surface area contributed by atoms with Gasteiger partial charge in [-0.1, -0.05) is 35.5 Å². The topological polar surface area (TPSA) is 105 Å². The third-order valence-corrected chi connectivity index (χ3v) is 5.20. The highest BCUT2D eigenvalue weighted by Crippen LogP contribution is 2.26. The van der Waals surface area contributed by atoms with E-state index in [-0.39, 0.29) is 11.9 Å². The van der Waals surface area contributed by atoms with Crippen molar-refractivity contribution in [1.82, 2.24) is 14.8 Å². The zero-order valence-corrected chi connectivity index (χ0v) is 16.2. The maximum atomic E-state index is 13.0. The summed E-state index contributed by atoms with van der Waals surface area (Å²) in [5.74, 6) is 0.743. The average Bonchev–Trinajstić information content (AvgIpc) is 3.00. The predicted molar refractivity (Wildman–Crippen MR) is 102 cm³/mol. The Bertz CT molecular complexity index is 882. The first-order chi connectivity index (χ1) is 12.8. The predicted octanol–water partition coefficient (Wildman–Crippen LogP) is 1.68. The molecule has 27 heavy (non-hydrogen) atoms. The first-order valence-electron chi connectivity index (χ1n) is 8.82. The number of aromatic nitrogens is 1. The molecule has 0 aliphatic carbocycles. The van der Waals surface area contributed by atoms with E-state index < -0.39 is 16.1 Å². The first-order valence-corrected chi connectivity index (χ1v) is 10.7. The maximum absolute atomic E-state index is 13.0. The number of aryl methyl sites for hydroxylation is 1. The van der Waals surface area contributed by atoms with Gasteiger partial charge in [-0.15, -0.1) is 0 Å². The van der Waals surface area contributed by atoms with Crippen molar-refractivity contribution in [2.75, 3.05) is 24.7 Å². The summed E-state index contributed by atoms with van der Waals surface area (Å²) in [6.45, 7) is 2.91. The van der Waals surface area contributed by atoms with Crippen LogP contribution < -0.4 is 10.0 Å². The van der Waals surface area contributed by atoms with Crippen LogP contribution in [0.4, 0.5) is 5.82 Å². The highest BCUT2D eigenvalue weighted by atomic mass is 32.2. The Kier molecular flexibility index (Phi) is 5.93. The van der Waals surface area contributed by atoms with E-state index in [0.29, 0.717) is 24.7 Å². The number of nitrogens with zero attached hydrogens (tertiary/aromatic N) is 2. The van der Waals surface area contributed by atoms with Crippen LogP contribution in [0.25, 0.3) is 0 Å². The number of sulfonamides is 1. The minimum Gasteiger partial charge on any atom is -0.360 e. The van der Waals surface area contributed by atoms with Crippen LogP contribution in [0.1, 0.15) is 30.2 Å². The smallest absolute Gasteiger partial charge is 0.247 e. The summed E-state index contributed by atoms with van der Waals surface area (Å²) in [6.07, 6.45) is 2.70. The normalized spacial score (nSPS) is 19.6. The summed E-state index contributed by atoms with van der Waals surface area (Å²) >= 11 is 0. The fourth-order valence-corrected chi connectivity index (χ4v) is 4.22. The van der Waals surface area contributed by atoms with Gasteiger partial charge in [0.2, 0.25) is 15.9 Å². The number of rotatable bonds is 6. The molecule has 146 valence electrons. The van der Waals surface area contributed by atoms with Crippen LogP contribution in [0.5, 0.6) is 0 Å². The van der Waals surface area contributed by atoms with Gasteiger partial charge in [0.05, 0.1) is 6.26 Å². The molecular formula is C18H24N4O4S. The van der Waals surface area contributed by atoms with Gasteiger partial charge in [0.1, 0.15) is 11.8 Å². The maximum Gasteiger partial charge on any atom is 0.247 e. The number of anilines is 1. The SMILES string of the molecule is Cc1cc(NC(=O)C(c2ccccc2)N2CCCC(NS(C)(=O)=O)C2)no1. The highest BCUT2D eigenvalue weighted by Gasteiger charge is 2.33. The van der Waals surface area contributed by atoms with Gasteiger partial charge in [0.25, 0.3) is 0 Å². The van der Waals surface area contributed by atoms with Crippen molar-refractivity contribution in [2.24, 2.45) is 0 Å². The number of likely N-dealkylation sites (tertiary alicyclic amines) is 1. The van der Waals surface area contributed by atoms with Gasteiger partial charge in [0.15, 0.2) is 5.82 Å². The van der Waals surface area contributed by atoms with E-state index in [4.69, 9.17) is 4.52 Å². The summed E-state index contributed by atoms with van der Waals surface area (Å²) in [6, 6.07) is 10.3.